The van der Waals surface area contributed by atoms with Crippen LogP contribution in [-0.2, 0) is 19.3 Å². The van der Waals surface area contributed by atoms with Crippen molar-refractivity contribution < 1.29 is 0 Å². The first kappa shape index (κ1) is 21.2. The summed E-state index contributed by atoms with van der Waals surface area (Å²) in [6.07, 6.45) is 8.30. The van der Waals surface area contributed by atoms with Crippen LogP contribution in [0.2, 0.25) is 0 Å². The van der Waals surface area contributed by atoms with E-state index in [1.807, 2.05) is 47.5 Å². The SMILES string of the molecule is c1ccc(CC(Cc2ccccn2)Cc2cn(-c3ccc4cc5ccccc5cc4c3)nn2)nc1. The van der Waals surface area contributed by atoms with E-state index in [2.05, 4.69) is 87.0 Å². The van der Waals surface area contributed by atoms with Crippen molar-refractivity contribution in [3.63, 3.8) is 0 Å². The average molecular weight is 456 g/mol. The molecule has 3 heterocycles. The smallest absolute Gasteiger partial charge is 0.0834 e. The summed E-state index contributed by atoms with van der Waals surface area (Å²) in [4.78, 5) is 9.09. The Labute approximate surface area is 204 Å². The highest BCUT2D eigenvalue weighted by atomic mass is 15.4. The number of pyridine rings is 2. The van der Waals surface area contributed by atoms with Crippen LogP contribution in [0.15, 0.2) is 110 Å². The van der Waals surface area contributed by atoms with E-state index in [1.165, 1.54) is 21.5 Å². The topological polar surface area (TPSA) is 56.5 Å². The number of hydrogen-bond donors (Lipinski definition) is 0. The average Bonchev–Trinajstić information content (AvgIpc) is 3.37. The van der Waals surface area contributed by atoms with Crippen molar-refractivity contribution in [1.82, 2.24) is 25.0 Å². The zero-order chi connectivity index (χ0) is 23.5. The van der Waals surface area contributed by atoms with Crippen LogP contribution in [0.5, 0.6) is 0 Å². The molecule has 0 N–H and O–H groups in total. The Balaban J connectivity index is 1.26. The standard InChI is InChI=1S/C30H25N5/c1-2-8-24-19-26-20-30(12-11-25(26)18-23(24)7-1)35-21-29(33-34-35)17-22(15-27-9-3-5-13-31-27)16-28-10-4-6-14-32-28/h1-14,18-22H,15-17H2. The Morgan fingerprint density at radius 3 is 1.83 bits per heavy atom. The minimum absolute atomic E-state index is 0.327. The molecule has 0 amide bonds. The maximum absolute atomic E-state index is 4.54. The summed E-state index contributed by atoms with van der Waals surface area (Å²) < 4.78 is 1.88. The van der Waals surface area contributed by atoms with Gasteiger partial charge >= 0.3 is 0 Å². The Morgan fingerprint density at radius 1 is 0.571 bits per heavy atom. The maximum Gasteiger partial charge on any atom is 0.0834 e. The Hall–Kier alpha value is -4.38. The van der Waals surface area contributed by atoms with Crippen LogP contribution in [0.25, 0.3) is 27.2 Å². The molecule has 0 atom stereocenters. The highest BCUT2D eigenvalue weighted by molar-refractivity contribution is 5.98. The molecule has 5 heteroatoms. The fraction of sp³-hybridized carbons (Fsp3) is 0.133. The third-order valence-electron chi connectivity index (χ3n) is 6.44. The Kier molecular flexibility index (Phi) is 5.73. The van der Waals surface area contributed by atoms with Crippen LogP contribution in [0.1, 0.15) is 17.1 Å². The van der Waals surface area contributed by atoms with Gasteiger partial charge in [0.2, 0.25) is 0 Å². The molecule has 0 saturated heterocycles. The second-order valence-electron chi connectivity index (χ2n) is 9.01. The minimum atomic E-state index is 0.327. The lowest BCUT2D eigenvalue weighted by Gasteiger charge is -2.15. The summed E-state index contributed by atoms with van der Waals surface area (Å²) in [5.41, 5.74) is 4.16. The molecule has 0 saturated carbocycles. The number of hydrogen-bond acceptors (Lipinski definition) is 4. The summed E-state index contributed by atoms with van der Waals surface area (Å²) in [5, 5.41) is 13.9. The lowest BCUT2D eigenvalue weighted by Crippen LogP contribution is -2.13. The lowest BCUT2D eigenvalue weighted by atomic mass is 9.92. The molecular formula is C30H25N5. The molecule has 5 nitrogen and oxygen atoms in total. The van der Waals surface area contributed by atoms with E-state index in [-0.39, 0.29) is 0 Å². The number of fused-ring (bicyclic) bond motifs is 2. The molecule has 0 aliphatic heterocycles. The Morgan fingerprint density at radius 2 is 1.17 bits per heavy atom. The maximum atomic E-state index is 4.54. The molecule has 0 spiro atoms. The monoisotopic (exact) mass is 455 g/mol. The zero-order valence-corrected chi connectivity index (χ0v) is 19.3. The van der Waals surface area contributed by atoms with Crippen molar-refractivity contribution in [2.75, 3.05) is 0 Å². The van der Waals surface area contributed by atoms with E-state index in [9.17, 15) is 0 Å². The number of nitrogens with zero attached hydrogens (tertiary/aromatic N) is 5. The van der Waals surface area contributed by atoms with Crippen molar-refractivity contribution in [3.8, 4) is 5.69 Å². The van der Waals surface area contributed by atoms with Gasteiger partial charge in [0.15, 0.2) is 0 Å². The first-order valence-electron chi connectivity index (χ1n) is 11.9. The van der Waals surface area contributed by atoms with Crippen LogP contribution in [0.3, 0.4) is 0 Å². The van der Waals surface area contributed by atoms with Gasteiger partial charge in [0.1, 0.15) is 0 Å². The molecule has 6 aromatic rings. The van der Waals surface area contributed by atoms with Gasteiger partial charge in [-0.2, -0.15) is 0 Å². The molecule has 3 aromatic heterocycles. The van der Waals surface area contributed by atoms with Crippen molar-refractivity contribution in [3.05, 3.63) is 127 Å². The van der Waals surface area contributed by atoms with Crippen molar-refractivity contribution in [1.29, 1.82) is 0 Å². The predicted molar refractivity (Wildman–Crippen MR) is 139 cm³/mol. The van der Waals surface area contributed by atoms with Crippen LogP contribution in [0.4, 0.5) is 0 Å². The van der Waals surface area contributed by atoms with E-state index < -0.39 is 0 Å². The largest absolute Gasteiger partial charge is 0.261 e. The molecule has 0 unspecified atom stereocenters. The predicted octanol–water partition coefficient (Wildman–Crippen LogP) is 6.01. The molecule has 0 aliphatic rings. The quantitative estimate of drug-likeness (QED) is 0.277. The van der Waals surface area contributed by atoms with Crippen molar-refractivity contribution >= 4 is 21.5 Å². The van der Waals surface area contributed by atoms with Gasteiger partial charge in [0, 0.05) is 23.8 Å². The Bertz CT molecular complexity index is 1530. The summed E-state index contributed by atoms with van der Waals surface area (Å²) in [6, 6.07) is 31.5. The minimum Gasteiger partial charge on any atom is -0.261 e. The highest BCUT2D eigenvalue weighted by Crippen LogP contribution is 2.25. The summed E-state index contributed by atoms with van der Waals surface area (Å²) in [7, 11) is 0. The molecule has 35 heavy (non-hydrogen) atoms. The lowest BCUT2D eigenvalue weighted by molar-refractivity contribution is 0.500. The van der Waals surface area contributed by atoms with E-state index in [4.69, 9.17) is 0 Å². The highest BCUT2D eigenvalue weighted by Gasteiger charge is 2.16. The summed E-state index contributed by atoms with van der Waals surface area (Å²) in [5.74, 6) is 0.327. The third-order valence-corrected chi connectivity index (χ3v) is 6.44. The normalized spacial score (nSPS) is 11.5. The fourth-order valence-corrected chi connectivity index (χ4v) is 4.73. The van der Waals surface area contributed by atoms with Gasteiger partial charge in [-0.15, -0.1) is 5.10 Å². The van der Waals surface area contributed by atoms with Gasteiger partial charge in [0.25, 0.3) is 0 Å². The number of aromatic nitrogens is 5. The molecule has 0 radical (unpaired) electrons. The van der Waals surface area contributed by atoms with Crippen molar-refractivity contribution in [2.24, 2.45) is 5.92 Å². The van der Waals surface area contributed by atoms with Gasteiger partial charge in [-0.25, -0.2) is 4.68 Å². The third kappa shape index (κ3) is 4.80. The van der Waals surface area contributed by atoms with E-state index in [0.29, 0.717) is 5.92 Å². The second-order valence-corrected chi connectivity index (χ2v) is 9.01. The van der Waals surface area contributed by atoms with Gasteiger partial charge < -0.3 is 0 Å². The number of benzene rings is 3. The zero-order valence-electron chi connectivity index (χ0n) is 19.3. The van der Waals surface area contributed by atoms with Crippen LogP contribution in [0, 0.1) is 5.92 Å². The summed E-state index contributed by atoms with van der Waals surface area (Å²) >= 11 is 0. The second kappa shape index (κ2) is 9.47. The first-order chi connectivity index (χ1) is 17.3. The first-order valence-corrected chi connectivity index (χ1v) is 11.9. The van der Waals surface area contributed by atoms with E-state index >= 15 is 0 Å². The molecule has 0 fully saturated rings. The molecular weight excluding hydrogens is 430 g/mol. The van der Waals surface area contributed by atoms with Gasteiger partial charge in [-0.05, 0) is 95.3 Å². The van der Waals surface area contributed by atoms with E-state index in [0.717, 1.165) is 42.0 Å². The van der Waals surface area contributed by atoms with E-state index in [1.54, 1.807) is 0 Å². The van der Waals surface area contributed by atoms with Crippen molar-refractivity contribution in [2.45, 2.75) is 19.3 Å². The molecule has 3 aromatic carbocycles. The van der Waals surface area contributed by atoms with Crippen LogP contribution >= 0.6 is 0 Å². The van der Waals surface area contributed by atoms with Gasteiger partial charge in [-0.1, -0.05) is 47.7 Å². The fourth-order valence-electron chi connectivity index (χ4n) is 4.73. The van der Waals surface area contributed by atoms with Crippen LogP contribution in [-0.4, -0.2) is 25.0 Å². The molecule has 0 aliphatic carbocycles. The molecule has 0 bridgehead atoms. The van der Waals surface area contributed by atoms with Gasteiger partial charge in [-0.3, -0.25) is 9.97 Å². The van der Waals surface area contributed by atoms with Gasteiger partial charge in [0.05, 0.1) is 17.6 Å². The molecule has 170 valence electrons. The number of rotatable bonds is 7. The molecule has 6 rings (SSSR count). The summed E-state index contributed by atoms with van der Waals surface area (Å²) in [6.45, 7) is 0. The van der Waals surface area contributed by atoms with Crippen LogP contribution < -0.4 is 0 Å².